The van der Waals surface area contributed by atoms with Crippen molar-refractivity contribution in [2.75, 3.05) is 38.8 Å². The quantitative estimate of drug-likeness (QED) is 0.147. The summed E-state index contributed by atoms with van der Waals surface area (Å²) in [6.45, 7) is 2.35. The van der Waals surface area contributed by atoms with Crippen LogP contribution in [-0.4, -0.2) is 62.4 Å². The van der Waals surface area contributed by atoms with E-state index in [-0.39, 0.29) is 41.7 Å². The van der Waals surface area contributed by atoms with Crippen LogP contribution in [0, 0.1) is 17.6 Å². The number of methoxy groups -OCH3 is 2. The lowest BCUT2D eigenvalue weighted by atomic mass is 9.86. The molecule has 0 radical (unpaired) electrons. The Bertz CT molecular complexity index is 1860. The highest BCUT2D eigenvalue weighted by molar-refractivity contribution is 6.35. The zero-order valence-corrected chi connectivity index (χ0v) is 29.4. The first kappa shape index (κ1) is 37.8. The standard InChI is InChI=1S/C37H35Cl2F2N3O6.H2O/c1-47-32-10-8-24(16-34(32)48-2)33(17-26-27(38)18-42-19-28(26)39)49-36(45)25-9-7-22(15-30(25)41)20-44(31-6-4-3-5-29(31)40)37(46)50-35-21-43-13-11-23(35)12-14-43;/h3-10,15-16,18-19,23,33,35H,11-14,17,20-21H2,1-2H3;1H2/t33-,35-;/m0./s1. The van der Waals surface area contributed by atoms with Crippen molar-refractivity contribution in [1.29, 1.82) is 0 Å². The number of carbonyl (C=O) groups excluding carboxylic acids is 2. The highest BCUT2D eigenvalue weighted by Crippen LogP contribution is 2.36. The second-order valence-electron chi connectivity index (χ2n) is 12.3. The molecule has 3 aliphatic rings. The fraction of sp³-hybridized carbons (Fsp3) is 0.324. The van der Waals surface area contributed by atoms with Gasteiger partial charge in [0.1, 0.15) is 33.9 Å². The molecule has 4 aromatic rings. The maximum absolute atomic E-state index is 15.7. The number of hydrogen-bond acceptors (Lipinski definition) is 8. The maximum atomic E-state index is 15.7. The second-order valence-corrected chi connectivity index (χ2v) is 13.1. The number of aromatic nitrogens is 1. The summed E-state index contributed by atoms with van der Waals surface area (Å²) in [7, 11) is 2.98. The number of fused-ring (bicyclic) bond motifs is 3. The molecule has 3 aliphatic heterocycles. The van der Waals surface area contributed by atoms with Crippen LogP contribution in [0.4, 0.5) is 19.3 Å². The lowest BCUT2D eigenvalue weighted by Gasteiger charge is -2.44. The third-order valence-electron chi connectivity index (χ3n) is 9.22. The number of ether oxygens (including phenoxy) is 4. The van der Waals surface area contributed by atoms with Crippen LogP contribution in [0.3, 0.4) is 0 Å². The van der Waals surface area contributed by atoms with Gasteiger partial charge in [0, 0.05) is 18.5 Å². The molecule has 51 heavy (non-hydrogen) atoms. The highest BCUT2D eigenvalue weighted by atomic mass is 35.5. The van der Waals surface area contributed by atoms with Crippen LogP contribution in [0.5, 0.6) is 11.5 Å². The normalized spacial score (nSPS) is 18.3. The van der Waals surface area contributed by atoms with Crippen molar-refractivity contribution in [3.63, 3.8) is 0 Å². The fourth-order valence-corrected chi connectivity index (χ4v) is 7.02. The Labute approximate surface area is 304 Å². The van der Waals surface area contributed by atoms with Crippen LogP contribution in [0.1, 0.15) is 46.0 Å². The van der Waals surface area contributed by atoms with Gasteiger partial charge in [-0.25, -0.2) is 23.4 Å². The van der Waals surface area contributed by atoms with E-state index in [1.54, 1.807) is 36.7 Å². The predicted octanol–water partition coefficient (Wildman–Crippen LogP) is 7.30. The number of amides is 1. The lowest BCUT2D eigenvalue weighted by Crippen LogP contribution is -2.53. The van der Waals surface area contributed by atoms with Crippen molar-refractivity contribution in [3.8, 4) is 11.5 Å². The molecule has 270 valence electrons. The Morgan fingerprint density at radius 2 is 1.65 bits per heavy atom. The molecule has 0 unspecified atom stereocenters. The van der Waals surface area contributed by atoms with Gasteiger partial charge >= 0.3 is 12.1 Å². The number of para-hydroxylation sites is 1. The summed E-state index contributed by atoms with van der Waals surface area (Å²) in [5.74, 6) is -1.36. The minimum absolute atomic E-state index is 0. The predicted molar refractivity (Wildman–Crippen MR) is 185 cm³/mol. The number of halogens is 4. The first-order valence-electron chi connectivity index (χ1n) is 16.2. The number of hydrogen-bond donors (Lipinski definition) is 0. The number of anilines is 1. The first-order chi connectivity index (χ1) is 24.1. The van der Waals surface area contributed by atoms with Gasteiger partial charge in [0.05, 0.1) is 32.0 Å². The molecule has 1 amide bonds. The third-order valence-corrected chi connectivity index (χ3v) is 9.90. The van der Waals surface area contributed by atoms with Crippen LogP contribution in [0.25, 0.3) is 0 Å². The van der Waals surface area contributed by atoms with E-state index in [4.69, 9.17) is 42.1 Å². The van der Waals surface area contributed by atoms with E-state index >= 15 is 8.78 Å². The van der Waals surface area contributed by atoms with Gasteiger partial charge in [0.25, 0.3) is 0 Å². The molecule has 3 fully saturated rings. The Morgan fingerprint density at radius 1 is 0.941 bits per heavy atom. The Balaban J connectivity index is 0.00000504. The summed E-state index contributed by atoms with van der Waals surface area (Å²) in [5.41, 5.74) is 0.994. The van der Waals surface area contributed by atoms with Gasteiger partial charge < -0.3 is 24.4 Å². The smallest absolute Gasteiger partial charge is 0.415 e. The average molecular weight is 745 g/mol. The van der Waals surface area contributed by atoms with Crippen LogP contribution < -0.4 is 19.4 Å². The van der Waals surface area contributed by atoms with E-state index in [1.807, 2.05) is 0 Å². The number of aromatic amines is 1. The van der Waals surface area contributed by atoms with Crippen LogP contribution in [0.2, 0.25) is 10.0 Å². The van der Waals surface area contributed by atoms with E-state index in [2.05, 4.69) is 9.88 Å². The number of nitrogens with zero attached hydrogens (tertiary/aromatic N) is 2. The zero-order valence-electron chi connectivity index (χ0n) is 27.9. The van der Waals surface area contributed by atoms with Crippen molar-refractivity contribution in [1.82, 2.24) is 4.90 Å². The number of piperidine rings is 3. The molecule has 2 N–H and O–H groups in total. The van der Waals surface area contributed by atoms with E-state index in [0.29, 0.717) is 44.8 Å². The van der Waals surface area contributed by atoms with Crippen molar-refractivity contribution in [2.45, 2.75) is 38.0 Å². The van der Waals surface area contributed by atoms with E-state index in [0.717, 1.165) is 36.9 Å². The molecule has 2 bridgehead atoms. The molecule has 0 aliphatic carbocycles. The molecule has 1 aromatic heterocycles. The molecule has 14 heteroatoms. The monoisotopic (exact) mass is 743 g/mol. The van der Waals surface area contributed by atoms with Gasteiger partial charge in [-0.1, -0.05) is 47.5 Å². The molecular formula is C37H37Cl2F2N3O7. The van der Waals surface area contributed by atoms with Crippen molar-refractivity contribution >= 4 is 41.0 Å². The molecule has 7 rings (SSSR count). The van der Waals surface area contributed by atoms with Gasteiger partial charge in [-0.05, 0) is 79.4 Å². The molecule has 10 nitrogen and oxygen atoms in total. The summed E-state index contributed by atoms with van der Waals surface area (Å²) in [5, 5.41) is 0.641. The van der Waals surface area contributed by atoms with E-state index in [9.17, 15) is 9.59 Å². The molecule has 2 atom stereocenters. The number of H-pyrrole nitrogens is 1. The molecule has 0 spiro atoms. The SMILES string of the molecule is COc1ccc([C@H](Cc2c(Cl)c[nH+]cc2Cl)OC(=O)c2ccc(CN(C(=O)O[C@H]3CN4CCC3CC4)c3ccccc3F)cc2F)cc1OC.[OH-]. The number of rotatable bonds is 11. The topological polar surface area (TPSA) is 122 Å². The van der Waals surface area contributed by atoms with Crippen molar-refractivity contribution < 1.29 is 47.8 Å². The first-order valence-corrected chi connectivity index (χ1v) is 16.9. The van der Waals surface area contributed by atoms with Gasteiger partial charge in [0.15, 0.2) is 23.9 Å². The molecule has 0 saturated carbocycles. The Hall–Kier alpha value is -4.49. The number of pyridine rings is 1. The van der Waals surface area contributed by atoms with Crippen LogP contribution in [0.15, 0.2) is 73.1 Å². The minimum Gasteiger partial charge on any atom is -0.870 e. The van der Waals surface area contributed by atoms with E-state index in [1.165, 1.54) is 44.6 Å². The molecular weight excluding hydrogens is 707 g/mol. The van der Waals surface area contributed by atoms with Gasteiger partial charge in [0.2, 0.25) is 0 Å². The largest absolute Gasteiger partial charge is 0.870 e. The fourth-order valence-electron chi connectivity index (χ4n) is 6.49. The molecule has 3 aromatic carbocycles. The molecule has 3 saturated heterocycles. The molecule has 4 heterocycles. The van der Waals surface area contributed by atoms with Crippen LogP contribution >= 0.6 is 23.2 Å². The van der Waals surface area contributed by atoms with E-state index < -0.39 is 29.8 Å². The Kier molecular flexibility index (Phi) is 12.4. The lowest BCUT2D eigenvalue weighted by molar-refractivity contribution is -0.377. The minimum atomic E-state index is -0.962. The summed E-state index contributed by atoms with van der Waals surface area (Å²) in [6, 6.07) is 14.7. The van der Waals surface area contributed by atoms with Crippen molar-refractivity contribution in [2.24, 2.45) is 5.92 Å². The third kappa shape index (κ3) is 8.53. The average Bonchev–Trinajstić information content (AvgIpc) is 3.12. The second kappa shape index (κ2) is 16.7. The van der Waals surface area contributed by atoms with Gasteiger partial charge in [-0.15, -0.1) is 0 Å². The highest BCUT2D eigenvalue weighted by Gasteiger charge is 2.38. The van der Waals surface area contributed by atoms with Gasteiger partial charge in [-0.3, -0.25) is 9.80 Å². The summed E-state index contributed by atoms with van der Waals surface area (Å²) in [6.07, 6.45) is 3.01. The van der Waals surface area contributed by atoms with Gasteiger partial charge in [-0.2, -0.15) is 0 Å². The number of esters is 1. The van der Waals surface area contributed by atoms with Crippen LogP contribution in [-0.2, 0) is 22.4 Å². The number of nitrogens with one attached hydrogen (secondary N) is 1. The summed E-state index contributed by atoms with van der Waals surface area (Å²) < 4.78 is 53.4. The summed E-state index contributed by atoms with van der Waals surface area (Å²) in [4.78, 5) is 33.3. The number of carbonyl (C=O) groups is 2. The summed E-state index contributed by atoms with van der Waals surface area (Å²) >= 11 is 12.9. The number of benzene rings is 3. The maximum Gasteiger partial charge on any atom is 0.415 e. The Morgan fingerprint density at radius 3 is 2.27 bits per heavy atom. The van der Waals surface area contributed by atoms with Crippen molar-refractivity contribution in [3.05, 3.63) is 117 Å². The zero-order chi connectivity index (χ0) is 35.4.